The Labute approximate surface area is 158 Å². The van der Waals surface area contributed by atoms with E-state index in [2.05, 4.69) is 10.6 Å². The minimum Gasteiger partial charge on any atom is -0.340 e. The van der Waals surface area contributed by atoms with Crippen LogP contribution in [0.2, 0.25) is 0 Å². The maximum Gasteiger partial charge on any atom is 0.407 e. The first-order valence-corrected chi connectivity index (χ1v) is 7.72. The molecule has 0 bridgehead atoms. The number of nitrogens with one attached hydrogen (secondary N) is 2. The molecule has 1 aromatic carbocycles. The molecule has 0 aromatic heterocycles. The number of likely N-dealkylation sites (N-methyl/N-ethyl adjacent to an activating group) is 1. The summed E-state index contributed by atoms with van der Waals surface area (Å²) in [5.41, 5.74) is 0.111. The molecule has 25 heavy (non-hydrogen) atoms. The Morgan fingerprint density at radius 2 is 1.92 bits per heavy atom. The molecular weight excluding hydrogens is 378 g/mol. The van der Waals surface area contributed by atoms with Gasteiger partial charge >= 0.3 is 6.18 Å². The molecule has 2 atom stereocenters. The number of piperidine rings is 1. The fraction of sp³-hybridized carbons (Fsp3) is 0.562. The second-order valence-corrected chi connectivity index (χ2v) is 5.73. The molecule has 1 aliphatic heterocycles. The number of amides is 1. The van der Waals surface area contributed by atoms with Crippen LogP contribution in [0, 0.1) is 0 Å². The Hall–Kier alpha value is -1.02. The smallest absolute Gasteiger partial charge is 0.340 e. The van der Waals surface area contributed by atoms with E-state index in [1.54, 1.807) is 23.1 Å². The largest absolute Gasteiger partial charge is 0.407 e. The molecule has 144 valence electrons. The minimum absolute atomic E-state index is 0. The van der Waals surface area contributed by atoms with Crippen molar-refractivity contribution in [1.82, 2.24) is 15.5 Å². The van der Waals surface area contributed by atoms with Gasteiger partial charge in [-0.15, -0.1) is 24.8 Å². The van der Waals surface area contributed by atoms with Crippen molar-refractivity contribution in [2.24, 2.45) is 0 Å². The van der Waals surface area contributed by atoms with E-state index in [0.29, 0.717) is 13.1 Å². The molecule has 1 amide bonds. The predicted octanol–water partition coefficient (Wildman–Crippen LogP) is 2.93. The van der Waals surface area contributed by atoms with Gasteiger partial charge in [0.25, 0.3) is 0 Å². The summed E-state index contributed by atoms with van der Waals surface area (Å²) in [6, 6.07) is 5.96. The van der Waals surface area contributed by atoms with Gasteiger partial charge in [0.1, 0.15) is 6.04 Å². The van der Waals surface area contributed by atoms with Gasteiger partial charge in [-0.1, -0.05) is 30.3 Å². The van der Waals surface area contributed by atoms with Gasteiger partial charge in [0, 0.05) is 19.1 Å². The molecule has 2 rings (SSSR count). The number of likely N-dealkylation sites (tertiary alicyclic amines) is 1. The number of benzene rings is 1. The summed E-state index contributed by atoms with van der Waals surface area (Å²) in [7, 11) is 1.83. The first kappa shape index (κ1) is 24.0. The third-order valence-electron chi connectivity index (χ3n) is 4.10. The third-order valence-corrected chi connectivity index (χ3v) is 4.10. The van der Waals surface area contributed by atoms with Gasteiger partial charge in [0.05, 0.1) is 6.54 Å². The summed E-state index contributed by atoms with van der Waals surface area (Å²) in [5, 5.41) is 5.48. The highest BCUT2D eigenvalue weighted by molar-refractivity contribution is 5.85. The number of hydrogen-bond donors (Lipinski definition) is 2. The van der Waals surface area contributed by atoms with Crippen LogP contribution in [0.15, 0.2) is 30.3 Å². The molecule has 4 nitrogen and oxygen atoms in total. The number of carbonyl (C=O) groups excluding carboxylic acids is 1. The van der Waals surface area contributed by atoms with Crippen LogP contribution in [0.1, 0.15) is 24.4 Å². The lowest BCUT2D eigenvalue weighted by Gasteiger charge is -2.33. The van der Waals surface area contributed by atoms with Gasteiger partial charge in [-0.2, -0.15) is 13.2 Å². The molecule has 9 heteroatoms. The molecule has 1 saturated heterocycles. The highest BCUT2D eigenvalue weighted by atomic mass is 35.5. The van der Waals surface area contributed by atoms with E-state index in [4.69, 9.17) is 0 Å². The zero-order valence-electron chi connectivity index (χ0n) is 13.9. The van der Waals surface area contributed by atoms with E-state index in [1.165, 1.54) is 12.1 Å². The Balaban J connectivity index is 0.00000288. The normalized spacial score (nSPS) is 18.7. The molecule has 0 saturated carbocycles. The first-order valence-electron chi connectivity index (χ1n) is 7.72. The van der Waals surface area contributed by atoms with Crippen molar-refractivity contribution in [1.29, 1.82) is 0 Å². The number of alkyl halides is 3. The number of rotatable bonds is 5. The Kier molecular flexibility index (Phi) is 10.4. The van der Waals surface area contributed by atoms with Crippen molar-refractivity contribution < 1.29 is 18.0 Å². The van der Waals surface area contributed by atoms with Crippen LogP contribution in [-0.2, 0) is 4.79 Å². The SMILES string of the molecule is CNC1CCCN(C(=O)CNC(c2ccccc2)C(F)(F)F)C1.Cl.Cl. The summed E-state index contributed by atoms with van der Waals surface area (Å²) >= 11 is 0. The summed E-state index contributed by atoms with van der Waals surface area (Å²) in [6.45, 7) is 0.815. The summed E-state index contributed by atoms with van der Waals surface area (Å²) in [6.07, 6.45) is -2.61. The van der Waals surface area contributed by atoms with Gasteiger partial charge in [0.2, 0.25) is 5.91 Å². The molecule has 1 aliphatic rings. The van der Waals surface area contributed by atoms with Crippen LogP contribution in [0.25, 0.3) is 0 Å². The van der Waals surface area contributed by atoms with Crippen molar-refractivity contribution in [2.45, 2.75) is 31.1 Å². The molecule has 0 radical (unpaired) electrons. The number of halogens is 5. The maximum atomic E-state index is 13.2. The minimum atomic E-state index is -4.45. The molecular formula is C16H24Cl2F3N3O. The molecule has 2 N–H and O–H groups in total. The van der Waals surface area contributed by atoms with Crippen molar-refractivity contribution in [3.05, 3.63) is 35.9 Å². The van der Waals surface area contributed by atoms with E-state index >= 15 is 0 Å². The quantitative estimate of drug-likeness (QED) is 0.796. The van der Waals surface area contributed by atoms with E-state index in [-0.39, 0.29) is 48.9 Å². The zero-order valence-corrected chi connectivity index (χ0v) is 15.5. The summed E-state index contributed by atoms with van der Waals surface area (Å²) < 4.78 is 39.7. The average molecular weight is 402 g/mol. The Morgan fingerprint density at radius 3 is 2.48 bits per heavy atom. The van der Waals surface area contributed by atoms with Crippen LogP contribution in [0.3, 0.4) is 0 Å². The lowest BCUT2D eigenvalue weighted by Crippen LogP contribution is -2.50. The lowest BCUT2D eigenvalue weighted by atomic mass is 10.1. The first-order chi connectivity index (χ1) is 10.9. The Bertz CT molecular complexity index is 517. The topological polar surface area (TPSA) is 44.4 Å². The standard InChI is InChI=1S/C16H22F3N3O.2ClH/c1-20-13-8-5-9-22(11-13)14(23)10-21-15(16(17,18)19)12-6-3-2-4-7-12;;/h2-4,6-7,13,15,20-21H,5,8-11H2,1H3;2*1H. The predicted molar refractivity (Wildman–Crippen MR) is 96.4 cm³/mol. The van der Waals surface area contributed by atoms with Gasteiger partial charge in [-0.3, -0.25) is 10.1 Å². The second kappa shape index (κ2) is 10.9. The molecule has 0 spiro atoms. The monoisotopic (exact) mass is 401 g/mol. The van der Waals surface area contributed by atoms with Gasteiger partial charge < -0.3 is 10.2 Å². The van der Waals surface area contributed by atoms with E-state index < -0.39 is 12.2 Å². The van der Waals surface area contributed by atoms with Gasteiger partial charge in [-0.05, 0) is 25.5 Å². The van der Waals surface area contributed by atoms with E-state index in [0.717, 1.165) is 12.8 Å². The third kappa shape index (κ3) is 7.01. The van der Waals surface area contributed by atoms with Crippen LogP contribution in [0.4, 0.5) is 13.2 Å². The lowest BCUT2D eigenvalue weighted by molar-refractivity contribution is -0.159. The van der Waals surface area contributed by atoms with Gasteiger partial charge in [-0.25, -0.2) is 0 Å². The molecule has 1 fully saturated rings. The van der Waals surface area contributed by atoms with Crippen molar-refractivity contribution in [3.63, 3.8) is 0 Å². The average Bonchev–Trinajstić information content (AvgIpc) is 2.54. The molecule has 1 heterocycles. The number of nitrogens with zero attached hydrogens (tertiary/aromatic N) is 1. The molecule has 2 unspecified atom stereocenters. The van der Waals surface area contributed by atoms with E-state index in [9.17, 15) is 18.0 Å². The molecule has 0 aliphatic carbocycles. The second-order valence-electron chi connectivity index (χ2n) is 5.73. The van der Waals surface area contributed by atoms with Crippen LogP contribution in [0.5, 0.6) is 0 Å². The van der Waals surface area contributed by atoms with Crippen molar-refractivity contribution >= 4 is 30.7 Å². The fourth-order valence-corrected chi connectivity index (χ4v) is 2.81. The van der Waals surface area contributed by atoms with Crippen molar-refractivity contribution in [2.75, 3.05) is 26.7 Å². The van der Waals surface area contributed by atoms with Crippen molar-refractivity contribution in [3.8, 4) is 0 Å². The van der Waals surface area contributed by atoms with Gasteiger partial charge in [0.15, 0.2) is 0 Å². The fourth-order valence-electron chi connectivity index (χ4n) is 2.81. The zero-order chi connectivity index (χ0) is 16.9. The van der Waals surface area contributed by atoms with E-state index in [1.807, 2.05) is 7.05 Å². The number of hydrogen-bond acceptors (Lipinski definition) is 3. The molecule has 1 aromatic rings. The summed E-state index contributed by atoms with van der Waals surface area (Å²) in [5.74, 6) is -0.296. The summed E-state index contributed by atoms with van der Waals surface area (Å²) in [4.78, 5) is 13.8. The van der Waals surface area contributed by atoms with Crippen LogP contribution in [-0.4, -0.2) is 49.7 Å². The van der Waals surface area contributed by atoms with Crippen LogP contribution < -0.4 is 10.6 Å². The highest BCUT2D eigenvalue weighted by Crippen LogP contribution is 2.32. The highest BCUT2D eigenvalue weighted by Gasteiger charge is 2.40. The van der Waals surface area contributed by atoms with Crippen LogP contribution >= 0.6 is 24.8 Å². The Morgan fingerprint density at radius 1 is 1.28 bits per heavy atom. The maximum absolute atomic E-state index is 13.2. The number of carbonyl (C=O) groups is 1.